The van der Waals surface area contributed by atoms with Crippen molar-refractivity contribution in [3.8, 4) is 0 Å². The van der Waals surface area contributed by atoms with Gasteiger partial charge in [0.25, 0.3) is 0 Å². The monoisotopic (exact) mass is 322 g/mol. The first-order chi connectivity index (χ1) is 7.40. The van der Waals surface area contributed by atoms with Crippen LogP contribution in [-0.2, 0) is 5.88 Å². The van der Waals surface area contributed by atoms with Crippen molar-refractivity contribution in [3.63, 3.8) is 0 Å². The highest BCUT2D eigenvalue weighted by Crippen LogP contribution is 2.39. The molecule has 0 saturated heterocycles. The Morgan fingerprint density at radius 1 is 1.19 bits per heavy atom. The van der Waals surface area contributed by atoms with Gasteiger partial charge >= 0.3 is 0 Å². The summed E-state index contributed by atoms with van der Waals surface area (Å²) >= 11 is 16.1. The molecule has 0 atom stereocenters. The summed E-state index contributed by atoms with van der Waals surface area (Å²) in [6, 6.07) is 2.16. The maximum Gasteiger partial charge on any atom is 0.0498 e. The van der Waals surface area contributed by atoms with E-state index in [4.69, 9.17) is 23.2 Å². The van der Waals surface area contributed by atoms with E-state index in [9.17, 15) is 0 Å². The van der Waals surface area contributed by atoms with Gasteiger partial charge in [-0.1, -0.05) is 55.2 Å². The topological polar surface area (TPSA) is 0 Å². The summed E-state index contributed by atoms with van der Waals surface area (Å²) in [5, 5.41) is 0.822. The van der Waals surface area contributed by atoms with Gasteiger partial charge in [0, 0.05) is 15.4 Å². The van der Waals surface area contributed by atoms with Crippen LogP contribution in [0.3, 0.4) is 0 Å². The van der Waals surface area contributed by atoms with Crippen molar-refractivity contribution in [2.24, 2.45) is 0 Å². The standard InChI is InChI=1S/C13H17BrCl2/c1-7(2)9-5-11(14)12(8(3)4)13(16)10(9)6-15/h5,7-8H,6H2,1-4H3. The van der Waals surface area contributed by atoms with Gasteiger partial charge in [-0.05, 0) is 34.6 Å². The summed E-state index contributed by atoms with van der Waals surface area (Å²) in [7, 11) is 0. The molecule has 0 aliphatic heterocycles. The summed E-state index contributed by atoms with van der Waals surface area (Å²) < 4.78 is 1.09. The molecule has 0 aromatic heterocycles. The van der Waals surface area contributed by atoms with Crippen molar-refractivity contribution < 1.29 is 0 Å². The Bertz CT molecular complexity index is 384. The lowest BCUT2D eigenvalue weighted by atomic mass is 9.92. The van der Waals surface area contributed by atoms with Gasteiger partial charge in [0.1, 0.15) is 0 Å². The van der Waals surface area contributed by atoms with E-state index >= 15 is 0 Å². The third-order valence-electron chi connectivity index (χ3n) is 2.72. The van der Waals surface area contributed by atoms with Crippen LogP contribution in [0.2, 0.25) is 5.02 Å². The minimum absolute atomic E-state index is 0.394. The summed E-state index contributed by atoms with van der Waals surface area (Å²) in [6.07, 6.45) is 0. The van der Waals surface area contributed by atoms with Crippen molar-refractivity contribution in [2.75, 3.05) is 0 Å². The summed E-state index contributed by atoms with van der Waals surface area (Å²) in [6.45, 7) is 8.59. The molecule has 0 N–H and O–H groups in total. The van der Waals surface area contributed by atoms with E-state index in [1.165, 1.54) is 5.56 Å². The van der Waals surface area contributed by atoms with Gasteiger partial charge in [0.15, 0.2) is 0 Å². The third kappa shape index (κ3) is 2.75. The number of benzene rings is 1. The lowest BCUT2D eigenvalue weighted by Crippen LogP contribution is -2.01. The van der Waals surface area contributed by atoms with Crippen LogP contribution < -0.4 is 0 Å². The van der Waals surface area contributed by atoms with E-state index in [0.29, 0.717) is 17.7 Å². The maximum atomic E-state index is 6.44. The molecule has 0 spiro atoms. The third-order valence-corrected chi connectivity index (χ3v) is 4.08. The zero-order chi connectivity index (χ0) is 12.5. The number of halogens is 3. The van der Waals surface area contributed by atoms with Crippen LogP contribution in [0.1, 0.15) is 56.2 Å². The van der Waals surface area contributed by atoms with Gasteiger partial charge in [-0.15, -0.1) is 11.6 Å². The first-order valence-electron chi connectivity index (χ1n) is 5.46. The van der Waals surface area contributed by atoms with Crippen molar-refractivity contribution in [3.05, 3.63) is 32.3 Å². The molecular formula is C13H17BrCl2. The molecule has 0 bridgehead atoms. The van der Waals surface area contributed by atoms with Crippen molar-refractivity contribution in [1.82, 2.24) is 0 Å². The average molecular weight is 324 g/mol. The van der Waals surface area contributed by atoms with Gasteiger partial charge < -0.3 is 0 Å². The minimum Gasteiger partial charge on any atom is -0.121 e. The average Bonchev–Trinajstić information content (AvgIpc) is 2.16. The molecule has 1 rings (SSSR count). The molecular weight excluding hydrogens is 307 g/mol. The Labute approximate surface area is 116 Å². The van der Waals surface area contributed by atoms with Gasteiger partial charge in [-0.25, -0.2) is 0 Å². The van der Waals surface area contributed by atoms with Crippen LogP contribution >= 0.6 is 39.1 Å². The molecule has 0 unspecified atom stereocenters. The van der Waals surface area contributed by atoms with Crippen LogP contribution in [-0.4, -0.2) is 0 Å². The van der Waals surface area contributed by atoms with Crippen molar-refractivity contribution in [2.45, 2.75) is 45.4 Å². The molecule has 0 fully saturated rings. The van der Waals surface area contributed by atoms with Gasteiger partial charge in [0.05, 0.1) is 0 Å². The molecule has 0 aliphatic carbocycles. The van der Waals surface area contributed by atoms with Gasteiger partial charge in [0.2, 0.25) is 0 Å². The van der Waals surface area contributed by atoms with Crippen molar-refractivity contribution >= 4 is 39.1 Å². The van der Waals surface area contributed by atoms with Crippen LogP contribution in [0.25, 0.3) is 0 Å². The number of rotatable bonds is 3. The normalized spacial score (nSPS) is 11.6. The highest BCUT2D eigenvalue weighted by molar-refractivity contribution is 9.10. The second-order valence-corrected chi connectivity index (χ2v) is 6.10. The van der Waals surface area contributed by atoms with E-state index in [0.717, 1.165) is 20.6 Å². The molecule has 0 radical (unpaired) electrons. The van der Waals surface area contributed by atoms with Crippen LogP contribution in [0.5, 0.6) is 0 Å². The fourth-order valence-electron chi connectivity index (χ4n) is 1.88. The second kappa shape index (κ2) is 5.75. The van der Waals surface area contributed by atoms with Gasteiger partial charge in [-0.3, -0.25) is 0 Å². The van der Waals surface area contributed by atoms with Crippen molar-refractivity contribution in [1.29, 1.82) is 0 Å². The summed E-state index contributed by atoms with van der Waals surface area (Å²) in [5.41, 5.74) is 3.46. The molecule has 90 valence electrons. The Hall–Kier alpha value is 0.280. The Kier molecular flexibility index (Phi) is 5.15. The highest BCUT2D eigenvalue weighted by atomic mass is 79.9. The lowest BCUT2D eigenvalue weighted by molar-refractivity contribution is 0.829. The second-order valence-electron chi connectivity index (χ2n) is 4.60. The molecule has 0 amide bonds. The van der Waals surface area contributed by atoms with Gasteiger partial charge in [-0.2, -0.15) is 0 Å². The van der Waals surface area contributed by atoms with Crippen LogP contribution in [0.15, 0.2) is 10.5 Å². The molecule has 0 aliphatic rings. The zero-order valence-electron chi connectivity index (χ0n) is 10.1. The smallest absolute Gasteiger partial charge is 0.0498 e. The first kappa shape index (κ1) is 14.3. The highest BCUT2D eigenvalue weighted by Gasteiger charge is 2.18. The number of alkyl halides is 1. The summed E-state index contributed by atoms with van der Waals surface area (Å²) in [4.78, 5) is 0. The zero-order valence-corrected chi connectivity index (χ0v) is 13.2. The number of hydrogen-bond acceptors (Lipinski definition) is 0. The van der Waals surface area contributed by atoms with E-state index < -0.39 is 0 Å². The maximum absolute atomic E-state index is 6.44. The minimum atomic E-state index is 0.394. The lowest BCUT2D eigenvalue weighted by Gasteiger charge is -2.19. The predicted octanol–water partition coefficient (Wildman–Crippen LogP) is 6.09. The van der Waals surface area contributed by atoms with Crippen LogP contribution in [0, 0.1) is 0 Å². The van der Waals surface area contributed by atoms with E-state index in [-0.39, 0.29) is 0 Å². The molecule has 3 heteroatoms. The number of hydrogen-bond donors (Lipinski definition) is 0. The predicted molar refractivity (Wildman–Crippen MR) is 76.9 cm³/mol. The Morgan fingerprint density at radius 2 is 1.75 bits per heavy atom. The van der Waals surface area contributed by atoms with Crippen LogP contribution in [0.4, 0.5) is 0 Å². The fourth-order valence-corrected chi connectivity index (χ4v) is 3.74. The molecule has 1 aromatic carbocycles. The Morgan fingerprint density at radius 3 is 2.12 bits per heavy atom. The molecule has 1 aromatic rings. The summed E-state index contributed by atoms with van der Waals surface area (Å²) in [5.74, 6) is 1.30. The van der Waals surface area contributed by atoms with E-state index in [2.05, 4.69) is 49.7 Å². The molecule has 0 nitrogen and oxygen atoms in total. The molecule has 16 heavy (non-hydrogen) atoms. The molecule has 0 heterocycles. The Balaban J connectivity index is 3.50. The largest absolute Gasteiger partial charge is 0.121 e. The van der Waals surface area contributed by atoms with E-state index in [1.807, 2.05) is 0 Å². The van der Waals surface area contributed by atoms with E-state index in [1.54, 1.807) is 0 Å². The first-order valence-corrected chi connectivity index (χ1v) is 7.17. The quantitative estimate of drug-likeness (QED) is 0.590. The SMILES string of the molecule is CC(C)c1cc(Br)c(C(C)C)c(Cl)c1CCl. The molecule has 0 saturated carbocycles. The fraction of sp³-hybridized carbons (Fsp3) is 0.538.